The minimum atomic E-state index is -4.58. The molecule has 5 rings (SSSR count). The van der Waals surface area contributed by atoms with Gasteiger partial charge >= 0.3 is 18.1 Å². The van der Waals surface area contributed by atoms with E-state index in [4.69, 9.17) is 15.2 Å². The lowest BCUT2D eigenvalue weighted by atomic mass is 9.67. The number of rotatable bonds is 7. The van der Waals surface area contributed by atoms with Gasteiger partial charge in [-0.2, -0.15) is 13.2 Å². The molecule has 1 aliphatic heterocycles. The summed E-state index contributed by atoms with van der Waals surface area (Å²) in [5, 5.41) is 0. The van der Waals surface area contributed by atoms with Crippen molar-refractivity contribution in [2.24, 2.45) is 11.7 Å². The Morgan fingerprint density at radius 1 is 0.955 bits per heavy atom. The molecule has 1 aliphatic carbocycles. The summed E-state index contributed by atoms with van der Waals surface area (Å²) in [5.74, 6) is -5.23. The van der Waals surface area contributed by atoms with E-state index in [-0.39, 0.29) is 42.3 Å². The molecular formula is C33H30F3N3O5. The molecular weight excluding hydrogens is 575 g/mol. The summed E-state index contributed by atoms with van der Waals surface area (Å²) in [6.07, 6.45) is -1.47. The molecule has 2 aliphatic rings. The van der Waals surface area contributed by atoms with Crippen molar-refractivity contribution in [2.45, 2.75) is 38.3 Å². The molecule has 0 fully saturated rings. The summed E-state index contributed by atoms with van der Waals surface area (Å²) >= 11 is 0. The standard InChI is InChI=1S/C33H30F3N3O5/c1-3-43-31(41)26-23(19-9-6-5-7-10-19)17-24-27(29(26)40)25(20-11-8-16-38-18-20)28(32(42)44-4-2)30(37)39(24)22-14-12-21(13-15-22)33(34,35)36/h5-16,18,23,25-26H,3-4,17,37H2,1-2H3/t23-,25+,26-/m1/s1. The summed E-state index contributed by atoms with van der Waals surface area (Å²) in [5.41, 5.74) is 7.56. The Morgan fingerprint density at radius 2 is 1.61 bits per heavy atom. The molecule has 11 heteroatoms. The van der Waals surface area contributed by atoms with Crippen molar-refractivity contribution in [2.75, 3.05) is 18.1 Å². The molecule has 2 heterocycles. The van der Waals surface area contributed by atoms with Crippen LogP contribution in [0.1, 0.15) is 48.8 Å². The molecule has 0 saturated heterocycles. The Morgan fingerprint density at radius 3 is 2.20 bits per heavy atom. The van der Waals surface area contributed by atoms with Crippen molar-refractivity contribution in [1.29, 1.82) is 0 Å². The first-order valence-corrected chi connectivity index (χ1v) is 14.1. The Labute approximate surface area is 252 Å². The number of hydrogen-bond donors (Lipinski definition) is 1. The first-order valence-electron chi connectivity index (χ1n) is 14.1. The Bertz CT molecular complexity index is 1620. The predicted molar refractivity (Wildman–Crippen MR) is 155 cm³/mol. The Hall–Kier alpha value is -4.93. The van der Waals surface area contributed by atoms with Crippen molar-refractivity contribution in [3.05, 3.63) is 118 Å². The Balaban J connectivity index is 1.80. The number of alkyl halides is 3. The van der Waals surface area contributed by atoms with Crippen molar-refractivity contribution in [3.8, 4) is 0 Å². The third-order valence-electron chi connectivity index (χ3n) is 7.77. The highest BCUT2D eigenvalue weighted by molar-refractivity contribution is 6.14. The zero-order valence-electron chi connectivity index (χ0n) is 24.0. The summed E-state index contributed by atoms with van der Waals surface area (Å²) < 4.78 is 51.1. The predicted octanol–water partition coefficient (Wildman–Crippen LogP) is 5.63. The molecule has 228 valence electrons. The maximum Gasteiger partial charge on any atom is 0.416 e. The van der Waals surface area contributed by atoms with E-state index in [0.717, 1.165) is 12.1 Å². The number of ether oxygens (including phenoxy) is 2. The number of carbonyl (C=O) groups is 3. The summed E-state index contributed by atoms with van der Waals surface area (Å²) in [6, 6.07) is 16.5. The van der Waals surface area contributed by atoms with Crippen LogP contribution in [-0.2, 0) is 30.0 Å². The number of anilines is 1. The van der Waals surface area contributed by atoms with Gasteiger partial charge in [0.25, 0.3) is 0 Å². The van der Waals surface area contributed by atoms with Crippen LogP contribution in [0.25, 0.3) is 0 Å². The van der Waals surface area contributed by atoms with Gasteiger partial charge in [-0.3, -0.25) is 19.5 Å². The summed E-state index contributed by atoms with van der Waals surface area (Å²) in [6.45, 7) is 3.29. The van der Waals surface area contributed by atoms with Crippen LogP contribution >= 0.6 is 0 Å². The first-order chi connectivity index (χ1) is 21.1. The van der Waals surface area contributed by atoms with E-state index in [0.29, 0.717) is 16.8 Å². The lowest BCUT2D eigenvalue weighted by molar-refractivity contribution is -0.152. The number of carbonyl (C=O) groups excluding carboxylic acids is 3. The number of benzene rings is 2. The van der Waals surface area contributed by atoms with Crippen molar-refractivity contribution in [3.63, 3.8) is 0 Å². The van der Waals surface area contributed by atoms with Crippen LogP contribution in [0.15, 0.2) is 102 Å². The number of allylic oxidation sites excluding steroid dienone is 2. The van der Waals surface area contributed by atoms with Gasteiger partial charge in [-0.25, -0.2) is 4.79 Å². The van der Waals surface area contributed by atoms with Crippen LogP contribution < -0.4 is 10.6 Å². The van der Waals surface area contributed by atoms with E-state index in [9.17, 15) is 27.6 Å². The van der Waals surface area contributed by atoms with Gasteiger partial charge in [0.1, 0.15) is 11.7 Å². The zero-order valence-corrected chi connectivity index (χ0v) is 24.0. The normalized spacial score (nSPS) is 20.3. The molecule has 3 aromatic rings. The lowest BCUT2D eigenvalue weighted by Crippen LogP contribution is -2.46. The van der Waals surface area contributed by atoms with E-state index in [1.807, 2.05) is 0 Å². The second-order valence-electron chi connectivity index (χ2n) is 10.3. The number of pyridine rings is 1. The van der Waals surface area contributed by atoms with E-state index >= 15 is 0 Å². The number of halogens is 3. The highest BCUT2D eigenvalue weighted by Gasteiger charge is 2.51. The SMILES string of the molecule is CCOC(=O)C1=C(N)N(c2ccc(C(F)(F)F)cc2)C2=C(C(=O)[C@H](C(=O)OCC)[C@@H](c3ccccc3)C2)[C@@H]1c1cccnc1. The molecule has 0 spiro atoms. The van der Waals surface area contributed by atoms with Gasteiger partial charge < -0.3 is 15.2 Å². The fraction of sp³-hybridized carbons (Fsp3) is 0.273. The molecule has 0 radical (unpaired) electrons. The number of nitrogens with two attached hydrogens (primary N) is 1. The van der Waals surface area contributed by atoms with E-state index in [2.05, 4.69) is 4.98 Å². The smallest absolute Gasteiger partial charge is 0.416 e. The van der Waals surface area contributed by atoms with Crippen LogP contribution in [0.5, 0.6) is 0 Å². The van der Waals surface area contributed by atoms with Crippen molar-refractivity contribution in [1.82, 2.24) is 4.98 Å². The first kappa shape index (κ1) is 30.5. The number of hydrogen-bond acceptors (Lipinski definition) is 8. The van der Waals surface area contributed by atoms with Gasteiger partial charge in [-0.05, 0) is 61.7 Å². The number of ketones is 1. The molecule has 0 saturated carbocycles. The van der Waals surface area contributed by atoms with Crippen LogP contribution in [0.2, 0.25) is 0 Å². The van der Waals surface area contributed by atoms with Gasteiger partial charge in [-0.1, -0.05) is 36.4 Å². The fourth-order valence-corrected chi connectivity index (χ4v) is 5.93. The largest absolute Gasteiger partial charge is 0.465 e. The topological polar surface area (TPSA) is 112 Å². The Kier molecular flexibility index (Phi) is 8.57. The number of aromatic nitrogens is 1. The lowest BCUT2D eigenvalue weighted by Gasteiger charge is -2.44. The fourth-order valence-electron chi connectivity index (χ4n) is 5.93. The number of esters is 2. The molecule has 8 nitrogen and oxygen atoms in total. The van der Waals surface area contributed by atoms with Gasteiger partial charge in [0.15, 0.2) is 5.78 Å². The number of Topliss-reactive ketones (excluding diaryl/α,β-unsaturated/α-hetero) is 1. The second-order valence-corrected chi connectivity index (χ2v) is 10.3. The van der Waals surface area contributed by atoms with E-state index in [1.54, 1.807) is 56.3 Å². The summed E-state index contributed by atoms with van der Waals surface area (Å²) in [7, 11) is 0. The second kappa shape index (κ2) is 12.4. The zero-order chi connectivity index (χ0) is 31.6. The van der Waals surface area contributed by atoms with Crippen LogP contribution in [0, 0.1) is 5.92 Å². The van der Waals surface area contributed by atoms with Gasteiger partial charge in [0.2, 0.25) is 0 Å². The molecule has 2 aromatic carbocycles. The highest BCUT2D eigenvalue weighted by atomic mass is 19.4. The third-order valence-corrected chi connectivity index (χ3v) is 7.77. The number of nitrogens with zero attached hydrogens (tertiary/aromatic N) is 2. The van der Waals surface area contributed by atoms with Gasteiger partial charge in [0.05, 0.1) is 30.3 Å². The van der Waals surface area contributed by atoms with Crippen LogP contribution in [0.3, 0.4) is 0 Å². The minimum Gasteiger partial charge on any atom is -0.465 e. The van der Waals surface area contributed by atoms with Crippen LogP contribution in [-0.4, -0.2) is 35.9 Å². The molecule has 2 N–H and O–H groups in total. The average Bonchev–Trinajstić information content (AvgIpc) is 3.01. The van der Waals surface area contributed by atoms with Crippen molar-refractivity contribution < 1.29 is 37.0 Å². The molecule has 1 aromatic heterocycles. The van der Waals surface area contributed by atoms with E-state index < -0.39 is 47.2 Å². The van der Waals surface area contributed by atoms with E-state index in [1.165, 1.54) is 29.4 Å². The highest BCUT2D eigenvalue weighted by Crippen LogP contribution is 2.51. The molecule has 3 atom stereocenters. The third kappa shape index (κ3) is 5.57. The molecule has 44 heavy (non-hydrogen) atoms. The summed E-state index contributed by atoms with van der Waals surface area (Å²) in [4.78, 5) is 47.3. The molecule has 0 bridgehead atoms. The average molecular weight is 606 g/mol. The quantitative estimate of drug-likeness (QED) is 0.273. The van der Waals surface area contributed by atoms with Crippen LogP contribution in [0.4, 0.5) is 18.9 Å². The maximum absolute atomic E-state index is 14.7. The maximum atomic E-state index is 14.7. The van der Waals surface area contributed by atoms with Gasteiger partial charge in [-0.15, -0.1) is 0 Å². The van der Waals surface area contributed by atoms with Crippen molar-refractivity contribution >= 4 is 23.4 Å². The molecule has 0 unspecified atom stereocenters. The van der Waals surface area contributed by atoms with Gasteiger partial charge in [0, 0.05) is 35.3 Å². The molecule has 0 amide bonds. The minimum absolute atomic E-state index is 0.00294. The monoisotopic (exact) mass is 605 g/mol.